The van der Waals surface area contributed by atoms with E-state index in [2.05, 4.69) is 15.3 Å². The van der Waals surface area contributed by atoms with Crippen molar-refractivity contribution in [3.05, 3.63) is 53.7 Å². The SMILES string of the molecule is CN(C)S(=O)(=O)N1CCCC(CNC(=O)c2nccnc2N)(c2cccc(F)c2)CC1. The molecule has 168 valence electrons. The van der Waals surface area contributed by atoms with Gasteiger partial charge in [-0.15, -0.1) is 0 Å². The van der Waals surface area contributed by atoms with Crippen LogP contribution in [0.4, 0.5) is 10.2 Å². The summed E-state index contributed by atoms with van der Waals surface area (Å²) in [4.78, 5) is 20.5. The molecule has 1 aliphatic rings. The molecule has 9 nitrogen and oxygen atoms in total. The first kappa shape index (κ1) is 23.0. The summed E-state index contributed by atoms with van der Waals surface area (Å²) in [5, 5.41) is 2.85. The van der Waals surface area contributed by atoms with Crippen molar-refractivity contribution in [3.63, 3.8) is 0 Å². The Morgan fingerprint density at radius 1 is 1.26 bits per heavy atom. The number of aromatic nitrogens is 2. The molecule has 0 aliphatic carbocycles. The van der Waals surface area contributed by atoms with E-state index >= 15 is 0 Å². The van der Waals surface area contributed by atoms with Crippen LogP contribution >= 0.6 is 0 Å². The highest BCUT2D eigenvalue weighted by atomic mass is 32.2. The number of carbonyl (C=O) groups excluding carboxylic acids is 1. The lowest BCUT2D eigenvalue weighted by molar-refractivity contribution is 0.0936. The standard InChI is InChI=1S/C20H27FN6O3S/c1-26(2)31(29,30)27-11-4-7-20(8-12-27,15-5-3-6-16(21)13-15)14-25-19(28)17-18(22)24-10-9-23-17/h3,5-6,9-10,13H,4,7-8,11-12,14H2,1-2H3,(H2,22,24)(H,25,28). The number of nitrogens with zero attached hydrogens (tertiary/aromatic N) is 4. The number of benzene rings is 1. The average molecular weight is 451 g/mol. The summed E-state index contributed by atoms with van der Waals surface area (Å²) >= 11 is 0. The van der Waals surface area contributed by atoms with E-state index in [9.17, 15) is 17.6 Å². The van der Waals surface area contributed by atoms with Crippen molar-refractivity contribution in [1.82, 2.24) is 23.9 Å². The number of carbonyl (C=O) groups is 1. The Morgan fingerprint density at radius 3 is 2.68 bits per heavy atom. The van der Waals surface area contributed by atoms with Crippen molar-refractivity contribution in [3.8, 4) is 0 Å². The predicted octanol–water partition coefficient (Wildman–Crippen LogP) is 1.16. The highest BCUT2D eigenvalue weighted by Gasteiger charge is 2.38. The molecule has 31 heavy (non-hydrogen) atoms. The molecule has 0 spiro atoms. The number of halogens is 1. The van der Waals surface area contributed by atoms with Gasteiger partial charge in [-0.1, -0.05) is 12.1 Å². The number of anilines is 1. The zero-order valence-electron chi connectivity index (χ0n) is 17.6. The Kier molecular flexibility index (Phi) is 6.87. The predicted molar refractivity (Wildman–Crippen MR) is 115 cm³/mol. The smallest absolute Gasteiger partial charge is 0.281 e. The minimum atomic E-state index is -3.57. The van der Waals surface area contributed by atoms with Gasteiger partial charge in [-0.05, 0) is 37.0 Å². The van der Waals surface area contributed by atoms with Crippen molar-refractivity contribution in [2.45, 2.75) is 24.7 Å². The highest BCUT2D eigenvalue weighted by molar-refractivity contribution is 7.86. The van der Waals surface area contributed by atoms with Crippen molar-refractivity contribution < 1.29 is 17.6 Å². The molecule has 1 aromatic carbocycles. The average Bonchev–Trinajstić information content (AvgIpc) is 2.96. The summed E-state index contributed by atoms with van der Waals surface area (Å²) in [7, 11) is -0.590. The van der Waals surface area contributed by atoms with Crippen molar-refractivity contribution >= 4 is 21.9 Å². The molecule has 0 bridgehead atoms. The fraction of sp³-hybridized carbons (Fsp3) is 0.450. The molecule has 2 aromatic rings. The third-order valence-electron chi connectivity index (χ3n) is 5.66. The van der Waals surface area contributed by atoms with Gasteiger partial charge in [0.1, 0.15) is 5.82 Å². The molecular weight excluding hydrogens is 423 g/mol. The molecule has 1 fully saturated rings. The molecule has 1 atom stereocenters. The lowest BCUT2D eigenvalue weighted by Gasteiger charge is -2.34. The summed E-state index contributed by atoms with van der Waals surface area (Å²) in [5.41, 5.74) is 5.83. The van der Waals surface area contributed by atoms with Gasteiger partial charge in [0.25, 0.3) is 16.1 Å². The first-order valence-corrected chi connectivity index (χ1v) is 11.3. The molecule has 1 saturated heterocycles. The largest absolute Gasteiger partial charge is 0.382 e. The summed E-state index contributed by atoms with van der Waals surface area (Å²) in [6.07, 6.45) is 4.33. The van der Waals surface area contributed by atoms with Crippen LogP contribution < -0.4 is 11.1 Å². The summed E-state index contributed by atoms with van der Waals surface area (Å²) in [6, 6.07) is 6.23. The minimum absolute atomic E-state index is 0.0160. The fourth-order valence-corrected chi connectivity index (χ4v) is 5.02. The molecule has 3 N–H and O–H groups in total. The van der Waals surface area contributed by atoms with Gasteiger partial charge < -0.3 is 11.1 Å². The third kappa shape index (κ3) is 5.00. The van der Waals surface area contributed by atoms with Crippen LogP contribution in [-0.2, 0) is 15.6 Å². The van der Waals surface area contributed by atoms with E-state index in [4.69, 9.17) is 5.73 Å². The Labute approximate surface area is 181 Å². The van der Waals surface area contributed by atoms with Crippen LogP contribution in [0.15, 0.2) is 36.7 Å². The Bertz CT molecular complexity index is 1050. The van der Waals surface area contributed by atoms with Crippen molar-refractivity contribution in [1.29, 1.82) is 0 Å². The lowest BCUT2D eigenvalue weighted by Crippen LogP contribution is -2.43. The van der Waals surface area contributed by atoms with Crippen molar-refractivity contribution in [2.24, 2.45) is 0 Å². The molecule has 1 aliphatic heterocycles. The summed E-state index contributed by atoms with van der Waals surface area (Å²) in [5.74, 6) is -0.851. The number of hydrogen-bond donors (Lipinski definition) is 2. The van der Waals surface area contributed by atoms with Crippen LogP contribution in [0.1, 0.15) is 35.3 Å². The van der Waals surface area contributed by atoms with Gasteiger partial charge in [0.05, 0.1) is 0 Å². The number of rotatable bonds is 6. The van der Waals surface area contributed by atoms with Gasteiger partial charge in [0.2, 0.25) is 0 Å². The topological polar surface area (TPSA) is 122 Å². The molecule has 11 heteroatoms. The number of nitrogens with one attached hydrogen (secondary N) is 1. The quantitative estimate of drug-likeness (QED) is 0.681. The molecule has 0 radical (unpaired) electrons. The minimum Gasteiger partial charge on any atom is -0.382 e. The van der Waals surface area contributed by atoms with Crippen LogP contribution in [0.5, 0.6) is 0 Å². The third-order valence-corrected chi connectivity index (χ3v) is 7.60. The summed E-state index contributed by atoms with van der Waals surface area (Å²) < 4.78 is 41.9. The lowest BCUT2D eigenvalue weighted by atomic mass is 9.74. The maximum absolute atomic E-state index is 14.0. The maximum atomic E-state index is 14.0. The van der Waals surface area contributed by atoms with E-state index in [1.165, 1.54) is 47.2 Å². The monoisotopic (exact) mass is 450 g/mol. The van der Waals surface area contributed by atoms with Crippen LogP contribution in [-0.4, -0.2) is 66.6 Å². The Morgan fingerprint density at radius 2 is 2.00 bits per heavy atom. The first-order valence-electron chi connectivity index (χ1n) is 9.94. The number of hydrogen-bond acceptors (Lipinski definition) is 6. The Hall–Kier alpha value is -2.63. The highest BCUT2D eigenvalue weighted by Crippen LogP contribution is 2.36. The van der Waals surface area contributed by atoms with Gasteiger partial charge >= 0.3 is 0 Å². The van der Waals surface area contributed by atoms with Gasteiger partial charge in [-0.2, -0.15) is 17.0 Å². The van der Waals surface area contributed by atoms with E-state index in [1.807, 2.05) is 6.07 Å². The van der Waals surface area contributed by atoms with Crippen molar-refractivity contribution in [2.75, 3.05) is 39.5 Å². The summed E-state index contributed by atoms with van der Waals surface area (Å²) in [6.45, 7) is 0.782. The van der Waals surface area contributed by atoms with E-state index in [0.717, 1.165) is 0 Å². The molecular formula is C20H27FN6O3S. The molecule has 0 saturated carbocycles. The zero-order valence-corrected chi connectivity index (χ0v) is 18.4. The fourth-order valence-electron chi connectivity index (χ4n) is 3.87. The van der Waals surface area contributed by atoms with Gasteiger partial charge in [-0.3, -0.25) is 4.79 Å². The molecule has 3 rings (SSSR count). The molecule has 1 aromatic heterocycles. The van der Waals surface area contributed by atoms with E-state index in [1.54, 1.807) is 6.07 Å². The molecule has 1 unspecified atom stereocenters. The van der Waals surface area contributed by atoms with Crippen LogP contribution in [0, 0.1) is 5.82 Å². The second-order valence-electron chi connectivity index (χ2n) is 7.81. The van der Waals surface area contributed by atoms with Gasteiger partial charge in [-0.25, -0.2) is 14.4 Å². The molecule has 2 heterocycles. The zero-order chi connectivity index (χ0) is 22.6. The second-order valence-corrected chi connectivity index (χ2v) is 9.95. The van der Waals surface area contributed by atoms with E-state index in [-0.39, 0.29) is 30.4 Å². The van der Waals surface area contributed by atoms with Crippen LogP contribution in [0.3, 0.4) is 0 Å². The van der Waals surface area contributed by atoms with E-state index < -0.39 is 21.5 Å². The van der Waals surface area contributed by atoms with Crippen LogP contribution in [0.2, 0.25) is 0 Å². The van der Waals surface area contributed by atoms with Gasteiger partial charge in [0, 0.05) is 51.5 Å². The van der Waals surface area contributed by atoms with E-state index in [0.29, 0.717) is 31.4 Å². The first-order chi connectivity index (χ1) is 14.7. The number of nitrogens with two attached hydrogens (primary N) is 1. The van der Waals surface area contributed by atoms with Crippen LogP contribution in [0.25, 0.3) is 0 Å². The normalized spacial score (nSPS) is 20.4. The maximum Gasteiger partial charge on any atom is 0.281 e. The second kappa shape index (κ2) is 9.25. The van der Waals surface area contributed by atoms with Gasteiger partial charge in [0.15, 0.2) is 11.5 Å². The number of amides is 1. The Balaban J connectivity index is 1.88. The molecule has 1 amide bonds. The number of nitrogen functional groups attached to an aromatic ring is 1.